The highest BCUT2D eigenvalue weighted by molar-refractivity contribution is 5.69. The van der Waals surface area contributed by atoms with Gasteiger partial charge >= 0.3 is 5.97 Å². The van der Waals surface area contributed by atoms with E-state index in [9.17, 15) is 9.90 Å². The molecule has 0 aromatic carbocycles. The number of nitrogens with zero attached hydrogens (tertiary/aromatic N) is 3. The van der Waals surface area contributed by atoms with Crippen molar-refractivity contribution in [2.45, 2.75) is 219 Å². The number of rotatable bonds is 27. The highest BCUT2D eigenvalue weighted by Gasteiger charge is 2.74. The number of carboxylic acid groups (broad SMARTS) is 1. The largest absolute Gasteiger partial charge is 0.481 e. The zero-order valence-electron chi connectivity index (χ0n) is 31.8. The summed E-state index contributed by atoms with van der Waals surface area (Å²) >= 11 is 0. The number of aliphatic hydroxyl groups is 3. The minimum Gasteiger partial charge on any atom is -0.481 e. The third-order valence-corrected chi connectivity index (χ3v) is 11.7. The Hall–Kier alpha value is -0.770. The second kappa shape index (κ2) is 21.4. The fraction of sp³-hybridized carbons (Fsp3) is 0.974. The van der Waals surface area contributed by atoms with E-state index in [4.69, 9.17) is 15.3 Å². The van der Waals surface area contributed by atoms with Crippen LogP contribution in [-0.4, -0.2) is 103 Å². The van der Waals surface area contributed by atoms with Crippen LogP contribution in [0.4, 0.5) is 0 Å². The molecule has 3 fully saturated rings. The molecule has 0 aliphatic carbocycles. The quantitative estimate of drug-likeness (QED) is 0.0659. The van der Waals surface area contributed by atoms with Crippen molar-refractivity contribution in [1.29, 1.82) is 0 Å². The molecule has 278 valence electrons. The van der Waals surface area contributed by atoms with Gasteiger partial charge in [-0.1, -0.05) is 126 Å². The van der Waals surface area contributed by atoms with Crippen LogP contribution < -0.4 is 0 Å². The molecule has 0 aromatic rings. The maximum Gasteiger partial charge on any atom is 0.308 e. The van der Waals surface area contributed by atoms with Gasteiger partial charge in [0, 0.05) is 41.7 Å². The molecule has 3 aliphatic heterocycles. The Morgan fingerprint density at radius 3 is 0.851 bits per heavy atom. The third kappa shape index (κ3) is 10.9. The van der Waals surface area contributed by atoms with E-state index in [1.54, 1.807) is 0 Å². The fourth-order valence-corrected chi connectivity index (χ4v) is 8.43. The van der Waals surface area contributed by atoms with E-state index >= 15 is 0 Å². The van der Waals surface area contributed by atoms with E-state index in [2.05, 4.69) is 56.2 Å². The monoisotopic (exact) mass is 668 g/mol. The molecular formula is C39H77N3O5. The minimum atomic E-state index is -0.667. The van der Waals surface area contributed by atoms with Gasteiger partial charge in [0.25, 0.3) is 0 Å². The SMILES string of the molecule is CCC(CO)(CO)CO.CCCCC1C(CCCC)N1C(CC(=O)O)(N1C(CCCC)C1CCCC)N1C(CCCC)C1CCCC. The lowest BCUT2D eigenvalue weighted by molar-refractivity contribution is -0.148. The summed E-state index contributed by atoms with van der Waals surface area (Å²) in [6.45, 7) is 15.2. The van der Waals surface area contributed by atoms with Gasteiger partial charge < -0.3 is 20.4 Å². The molecule has 3 heterocycles. The van der Waals surface area contributed by atoms with E-state index in [1.165, 1.54) is 116 Å². The highest BCUT2D eigenvalue weighted by Crippen LogP contribution is 2.60. The average Bonchev–Trinajstić information content (AvgIpc) is 4.02. The standard InChI is InChI=1S/C33H63N3O2.C6H14O3/c1-7-13-19-26-27(20-14-8-2)34(26)33(25-32(37)38,35-28(21-15-9-3)29(35)22-16-10-4)36-30(23-17-11-5)31(36)24-18-12-6;1-2-6(3-7,4-8)5-9/h26-31H,7-25H2,1-6H3,(H,37,38);7-9H,2-5H2,1H3. The van der Waals surface area contributed by atoms with Crippen LogP contribution in [0, 0.1) is 5.41 Å². The van der Waals surface area contributed by atoms with E-state index in [-0.39, 0.29) is 26.2 Å². The first-order valence-electron chi connectivity index (χ1n) is 20.1. The number of hydrogen-bond acceptors (Lipinski definition) is 7. The predicted molar refractivity (Wildman–Crippen MR) is 194 cm³/mol. The Balaban J connectivity index is 0.000000745. The van der Waals surface area contributed by atoms with E-state index in [0.717, 1.165) is 0 Å². The summed E-state index contributed by atoms with van der Waals surface area (Å²) in [6.07, 6.45) is 23.1. The summed E-state index contributed by atoms with van der Waals surface area (Å²) in [5, 5.41) is 36.5. The Labute approximate surface area is 289 Å². The van der Waals surface area contributed by atoms with Crippen LogP contribution in [0.25, 0.3) is 0 Å². The summed E-state index contributed by atoms with van der Waals surface area (Å²) < 4.78 is 0. The maximum atomic E-state index is 12.9. The van der Waals surface area contributed by atoms with Gasteiger partial charge in [-0.15, -0.1) is 0 Å². The molecule has 0 amide bonds. The second-order valence-electron chi connectivity index (χ2n) is 15.2. The maximum absolute atomic E-state index is 12.9. The first-order chi connectivity index (χ1) is 22.7. The molecule has 47 heavy (non-hydrogen) atoms. The molecule has 6 atom stereocenters. The van der Waals surface area contributed by atoms with Crippen molar-refractivity contribution in [3.8, 4) is 0 Å². The van der Waals surface area contributed by atoms with Gasteiger partial charge in [-0.05, 0) is 44.9 Å². The number of unbranched alkanes of at least 4 members (excludes halogenated alkanes) is 6. The fourth-order valence-electron chi connectivity index (χ4n) is 8.43. The van der Waals surface area contributed by atoms with Crippen LogP contribution in [-0.2, 0) is 4.79 Å². The van der Waals surface area contributed by atoms with E-state index in [0.29, 0.717) is 42.7 Å². The number of hydrogen-bond donors (Lipinski definition) is 4. The molecule has 0 bridgehead atoms. The van der Waals surface area contributed by atoms with Crippen molar-refractivity contribution in [3.05, 3.63) is 0 Å². The summed E-state index contributed by atoms with van der Waals surface area (Å²) in [7, 11) is 0. The van der Waals surface area contributed by atoms with Gasteiger partial charge in [-0.25, -0.2) is 0 Å². The van der Waals surface area contributed by atoms with Crippen LogP contribution in [0.5, 0.6) is 0 Å². The van der Waals surface area contributed by atoms with Crippen molar-refractivity contribution in [1.82, 2.24) is 14.7 Å². The Morgan fingerprint density at radius 1 is 0.489 bits per heavy atom. The molecule has 3 rings (SSSR count). The number of carbonyl (C=O) groups is 1. The zero-order valence-corrected chi connectivity index (χ0v) is 31.8. The van der Waals surface area contributed by atoms with Gasteiger partial charge in [0.05, 0.1) is 26.2 Å². The van der Waals surface area contributed by atoms with Crippen molar-refractivity contribution < 1.29 is 25.2 Å². The molecule has 3 saturated heterocycles. The van der Waals surface area contributed by atoms with Gasteiger partial charge in [-0.3, -0.25) is 19.5 Å². The van der Waals surface area contributed by atoms with Crippen molar-refractivity contribution >= 4 is 5.97 Å². The van der Waals surface area contributed by atoms with Crippen LogP contribution in [0.2, 0.25) is 0 Å². The summed E-state index contributed by atoms with van der Waals surface area (Å²) in [6, 6.07) is 3.33. The molecule has 0 saturated carbocycles. The topological polar surface area (TPSA) is 107 Å². The van der Waals surface area contributed by atoms with Gasteiger partial charge in [0.2, 0.25) is 0 Å². The predicted octanol–water partition coefficient (Wildman–Crippen LogP) is 7.77. The van der Waals surface area contributed by atoms with Crippen molar-refractivity contribution in [2.75, 3.05) is 19.8 Å². The van der Waals surface area contributed by atoms with Crippen LogP contribution >= 0.6 is 0 Å². The number of aliphatic hydroxyl groups excluding tert-OH is 3. The Kier molecular flexibility index (Phi) is 19.3. The van der Waals surface area contributed by atoms with Gasteiger partial charge in [0.15, 0.2) is 0 Å². The average molecular weight is 668 g/mol. The molecule has 6 unspecified atom stereocenters. The van der Waals surface area contributed by atoms with Crippen LogP contribution in [0.15, 0.2) is 0 Å². The van der Waals surface area contributed by atoms with Crippen LogP contribution in [0.1, 0.15) is 177 Å². The highest BCUT2D eigenvalue weighted by atomic mass is 16.4. The first-order valence-corrected chi connectivity index (χ1v) is 20.1. The lowest BCUT2D eigenvalue weighted by atomic mass is 9.88. The molecule has 8 heteroatoms. The molecule has 8 nitrogen and oxygen atoms in total. The number of aliphatic carboxylic acids is 1. The summed E-state index contributed by atoms with van der Waals surface area (Å²) in [4.78, 5) is 21.2. The molecule has 3 aliphatic rings. The summed E-state index contributed by atoms with van der Waals surface area (Å²) in [5.74, 6) is -1.03. The molecule has 0 radical (unpaired) electrons. The minimum absolute atomic E-state index is 0.156. The summed E-state index contributed by atoms with van der Waals surface area (Å²) in [5.41, 5.74) is -0.667. The molecule has 0 aromatic heterocycles. The number of carboxylic acids is 1. The zero-order chi connectivity index (χ0) is 35.0. The normalized spacial score (nSPS) is 30.7. The lowest BCUT2D eigenvalue weighted by Gasteiger charge is -2.41. The van der Waals surface area contributed by atoms with Gasteiger partial charge in [-0.2, -0.15) is 0 Å². The van der Waals surface area contributed by atoms with Crippen molar-refractivity contribution in [3.63, 3.8) is 0 Å². The molecule has 0 spiro atoms. The second-order valence-corrected chi connectivity index (χ2v) is 15.2. The Bertz CT molecular complexity index is 716. The smallest absolute Gasteiger partial charge is 0.308 e. The molecular weight excluding hydrogens is 590 g/mol. The first kappa shape index (κ1) is 42.4. The molecule has 4 N–H and O–H groups in total. The van der Waals surface area contributed by atoms with Gasteiger partial charge in [0.1, 0.15) is 5.79 Å². The van der Waals surface area contributed by atoms with E-state index < -0.39 is 17.2 Å². The van der Waals surface area contributed by atoms with Crippen molar-refractivity contribution in [2.24, 2.45) is 5.41 Å². The Morgan fingerprint density at radius 2 is 0.723 bits per heavy atom. The lowest BCUT2D eigenvalue weighted by Crippen LogP contribution is -2.58. The van der Waals surface area contributed by atoms with E-state index in [1.807, 2.05) is 6.92 Å². The van der Waals surface area contributed by atoms with Crippen LogP contribution in [0.3, 0.4) is 0 Å². The third-order valence-electron chi connectivity index (χ3n) is 11.7.